The molecule has 0 aliphatic carbocycles. The highest BCUT2D eigenvalue weighted by molar-refractivity contribution is 7.17. The Bertz CT molecular complexity index is 615. The molecule has 2 heterocycles. The molecule has 0 saturated heterocycles. The molecule has 0 radical (unpaired) electrons. The van der Waals surface area contributed by atoms with Gasteiger partial charge in [0.2, 0.25) is 0 Å². The van der Waals surface area contributed by atoms with E-state index in [-0.39, 0.29) is 0 Å². The van der Waals surface area contributed by atoms with Gasteiger partial charge in [-0.15, -0.1) is 22.7 Å². The van der Waals surface area contributed by atoms with Crippen LogP contribution in [-0.4, -0.2) is 10.1 Å². The van der Waals surface area contributed by atoms with Gasteiger partial charge in [0.1, 0.15) is 6.10 Å². The number of aromatic nitrogens is 1. The molecule has 0 fully saturated rings. The van der Waals surface area contributed by atoms with Gasteiger partial charge >= 0.3 is 0 Å². The maximum atomic E-state index is 10.1. The van der Waals surface area contributed by atoms with Crippen LogP contribution in [0.1, 0.15) is 17.4 Å². The van der Waals surface area contributed by atoms with Crippen LogP contribution in [0.5, 0.6) is 0 Å². The molecule has 0 spiro atoms. The summed E-state index contributed by atoms with van der Waals surface area (Å²) in [6.07, 6.45) is 0.132. The van der Waals surface area contributed by atoms with E-state index in [9.17, 15) is 5.11 Å². The number of hydrogen-bond acceptors (Lipinski definition) is 4. The number of hydrogen-bond donors (Lipinski definition) is 1. The zero-order valence-electron chi connectivity index (χ0n) is 9.04. The van der Waals surface area contributed by atoms with Crippen LogP contribution in [0, 0.1) is 0 Å². The Morgan fingerprint density at radius 1 is 1.24 bits per heavy atom. The minimum atomic E-state index is -0.501. The van der Waals surface area contributed by atoms with Crippen LogP contribution < -0.4 is 0 Å². The lowest BCUT2D eigenvalue weighted by Gasteiger charge is -2.06. The highest BCUT2D eigenvalue weighted by atomic mass is 32.1. The van der Waals surface area contributed by atoms with Gasteiger partial charge in [-0.1, -0.05) is 18.2 Å². The quantitative estimate of drug-likeness (QED) is 0.781. The topological polar surface area (TPSA) is 33.1 Å². The highest BCUT2D eigenvalue weighted by Crippen LogP contribution is 2.29. The number of benzene rings is 1. The van der Waals surface area contributed by atoms with Crippen LogP contribution in [0.2, 0.25) is 0 Å². The van der Waals surface area contributed by atoms with Gasteiger partial charge in [0, 0.05) is 16.5 Å². The van der Waals surface area contributed by atoms with Crippen molar-refractivity contribution in [2.24, 2.45) is 0 Å². The lowest BCUT2D eigenvalue weighted by Crippen LogP contribution is -2.01. The molecule has 0 aliphatic rings. The van der Waals surface area contributed by atoms with Crippen molar-refractivity contribution in [2.75, 3.05) is 0 Å². The first-order chi connectivity index (χ1) is 8.34. The van der Waals surface area contributed by atoms with E-state index in [0.717, 1.165) is 5.69 Å². The summed E-state index contributed by atoms with van der Waals surface area (Å²) in [6, 6.07) is 8.29. The van der Waals surface area contributed by atoms with Gasteiger partial charge in [-0.3, -0.25) is 0 Å². The van der Waals surface area contributed by atoms with Crippen molar-refractivity contribution < 1.29 is 5.11 Å². The van der Waals surface area contributed by atoms with E-state index in [1.807, 2.05) is 17.5 Å². The Hall–Kier alpha value is -1.23. The van der Waals surface area contributed by atoms with Crippen molar-refractivity contribution in [3.8, 4) is 0 Å². The van der Waals surface area contributed by atoms with Gasteiger partial charge in [0.25, 0.3) is 0 Å². The summed E-state index contributed by atoms with van der Waals surface area (Å²) < 4.78 is 1.27. The van der Waals surface area contributed by atoms with E-state index in [1.165, 1.54) is 27.0 Å². The molecule has 86 valence electrons. The molecule has 0 bridgehead atoms. The van der Waals surface area contributed by atoms with E-state index in [2.05, 4.69) is 22.5 Å². The SMILES string of the molecule is OC(Cc1csc2ccccc12)c1cscn1. The van der Waals surface area contributed by atoms with Crippen LogP contribution in [-0.2, 0) is 6.42 Å². The molecule has 3 aromatic rings. The number of fused-ring (bicyclic) bond motifs is 1. The van der Waals surface area contributed by atoms with Gasteiger partial charge in [-0.05, 0) is 22.4 Å². The molecule has 1 atom stereocenters. The third-order valence-electron chi connectivity index (χ3n) is 2.77. The van der Waals surface area contributed by atoms with Crippen LogP contribution >= 0.6 is 22.7 Å². The van der Waals surface area contributed by atoms with E-state index >= 15 is 0 Å². The average molecular weight is 261 g/mol. The smallest absolute Gasteiger partial charge is 0.101 e. The molecule has 1 N–H and O–H groups in total. The standard InChI is InChI=1S/C13H11NOS2/c15-12(11-7-16-8-14-11)5-9-6-17-13-4-2-1-3-10(9)13/h1-4,6-8,12,15H,5H2. The first-order valence-electron chi connectivity index (χ1n) is 5.36. The molecule has 0 amide bonds. The average Bonchev–Trinajstić information content (AvgIpc) is 2.98. The van der Waals surface area contributed by atoms with Gasteiger partial charge in [-0.2, -0.15) is 0 Å². The van der Waals surface area contributed by atoms with Crippen molar-refractivity contribution in [3.05, 3.63) is 51.8 Å². The Labute approximate surface area is 107 Å². The maximum Gasteiger partial charge on any atom is 0.101 e. The Morgan fingerprint density at radius 3 is 2.94 bits per heavy atom. The third kappa shape index (κ3) is 2.11. The summed E-state index contributed by atoms with van der Waals surface area (Å²) in [7, 11) is 0. The molecule has 0 aliphatic heterocycles. The van der Waals surface area contributed by atoms with Gasteiger partial charge in [0.05, 0.1) is 11.2 Å². The molecule has 2 aromatic heterocycles. The predicted molar refractivity (Wildman–Crippen MR) is 72.6 cm³/mol. The number of nitrogens with zero attached hydrogens (tertiary/aromatic N) is 1. The molecule has 4 heteroatoms. The molecule has 2 nitrogen and oxygen atoms in total. The van der Waals surface area contributed by atoms with Crippen LogP contribution in [0.4, 0.5) is 0 Å². The van der Waals surface area contributed by atoms with Crippen molar-refractivity contribution in [1.82, 2.24) is 4.98 Å². The second kappa shape index (κ2) is 4.56. The molecule has 3 rings (SSSR count). The molecule has 0 saturated carbocycles. The van der Waals surface area contributed by atoms with E-state index in [1.54, 1.807) is 16.8 Å². The zero-order chi connectivity index (χ0) is 11.7. The predicted octanol–water partition coefficient (Wildman–Crippen LogP) is 3.63. The fourth-order valence-corrected chi connectivity index (χ4v) is 3.47. The fraction of sp³-hybridized carbons (Fsp3) is 0.154. The second-order valence-corrected chi connectivity index (χ2v) is 5.52. The number of aliphatic hydroxyl groups is 1. The lowest BCUT2D eigenvalue weighted by atomic mass is 10.1. The Morgan fingerprint density at radius 2 is 2.12 bits per heavy atom. The largest absolute Gasteiger partial charge is 0.386 e. The number of rotatable bonds is 3. The summed E-state index contributed by atoms with van der Waals surface area (Å²) >= 11 is 3.24. The maximum absolute atomic E-state index is 10.1. The summed E-state index contributed by atoms with van der Waals surface area (Å²) in [6.45, 7) is 0. The van der Waals surface area contributed by atoms with Crippen molar-refractivity contribution in [2.45, 2.75) is 12.5 Å². The van der Waals surface area contributed by atoms with Gasteiger partial charge < -0.3 is 5.11 Å². The number of thiophene rings is 1. The number of aliphatic hydroxyl groups excluding tert-OH is 1. The van der Waals surface area contributed by atoms with E-state index < -0.39 is 6.10 Å². The Kier molecular flexibility index (Phi) is 2.93. The zero-order valence-corrected chi connectivity index (χ0v) is 10.7. The molecular formula is C13H11NOS2. The van der Waals surface area contributed by atoms with Crippen molar-refractivity contribution in [1.29, 1.82) is 0 Å². The summed E-state index contributed by atoms with van der Waals surface area (Å²) in [4.78, 5) is 4.15. The van der Waals surface area contributed by atoms with Gasteiger partial charge in [-0.25, -0.2) is 4.98 Å². The molecule has 1 unspecified atom stereocenters. The fourth-order valence-electron chi connectivity index (χ4n) is 1.89. The van der Waals surface area contributed by atoms with Crippen molar-refractivity contribution in [3.63, 3.8) is 0 Å². The monoisotopic (exact) mass is 261 g/mol. The highest BCUT2D eigenvalue weighted by Gasteiger charge is 2.13. The third-order valence-corrected chi connectivity index (χ3v) is 4.38. The molecular weight excluding hydrogens is 250 g/mol. The van der Waals surface area contributed by atoms with Crippen molar-refractivity contribution >= 4 is 32.8 Å². The van der Waals surface area contributed by atoms with Crippen LogP contribution in [0.25, 0.3) is 10.1 Å². The summed E-state index contributed by atoms with van der Waals surface area (Å²) in [5.74, 6) is 0. The van der Waals surface area contributed by atoms with Gasteiger partial charge in [0.15, 0.2) is 0 Å². The van der Waals surface area contributed by atoms with E-state index in [0.29, 0.717) is 6.42 Å². The normalized spacial score (nSPS) is 13.0. The first-order valence-corrected chi connectivity index (χ1v) is 7.18. The molecule has 17 heavy (non-hydrogen) atoms. The summed E-state index contributed by atoms with van der Waals surface area (Å²) in [5.41, 5.74) is 3.72. The number of thiazole rings is 1. The summed E-state index contributed by atoms with van der Waals surface area (Å²) in [5, 5.41) is 15.4. The van der Waals surface area contributed by atoms with E-state index in [4.69, 9.17) is 0 Å². The van der Waals surface area contributed by atoms with Crippen LogP contribution in [0.15, 0.2) is 40.5 Å². The first kappa shape index (κ1) is 10.9. The minimum absolute atomic E-state index is 0.501. The minimum Gasteiger partial charge on any atom is -0.386 e. The van der Waals surface area contributed by atoms with Crippen LogP contribution in [0.3, 0.4) is 0 Å². The second-order valence-electron chi connectivity index (χ2n) is 3.89. The Balaban J connectivity index is 1.90. The molecule has 1 aromatic carbocycles. The lowest BCUT2D eigenvalue weighted by molar-refractivity contribution is 0.175.